The van der Waals surface area contributed by atoms with Gasteiger partial charge < -0.3 is 0 Å². The summed E-state index contributed by atoms with van der Waals surface area (Å²) in [4.78, 5) is -0.0120. The van der Waals surface area contributed by atoms with Crippen molar-refractivity contribution in [2.24, 2.45) is 0 Å². The van der Waals surface area contributed by atoms with Crippen LogP contribution in [0.25, 0.3) is 10.1 Å². The average molecular weight is 370 g/mol. The molecular weight excluding hydrogens is 358 g/mol. The molecule has 0 N–H and O–H groups in total. The molecule has 126 valence electrons. The van der Waals surface area contributed by atoms with Gasteiger partial charge in [0, 0.05) is 4.70 Å². The summed E-state index contributed by atoms with van der Waals surface area (Å²) in [7, 11) is -4.30. The van der Waals surface area contributed by atoms with Crippen LogP contribution in [0.2, 0.25) is 0 Å². The van der Waals surface area contributed by atoms with Crippen LogP contribution in [0.3, 0.4) is 0 Å². The van der Waals surface area contributed by atoms with E-state index >= 15 is 0 Å². The van der Waals surface area contributed by atoms with E-state index in [0.29, 0.717) is 10.3 Å². The average Bonchev–Trinajstić information content (AvgIpc) is 2.90. The van der Waals surface area contributed by atoms with Gasteiger partial charge in [-0.3, -0.25) is 0 Å². The predicted molar refractivity (Wildman–Crippen MR) is 86.7 cm³/mol. The van der Waals surface area contributed by atoms with Gasteiger partial charge in [-0.2, -0.15) is 8.42 Å². The summed E-state index contributed by atoms with van der Waals surface area (Å²) in [6.45, 7) is -0.742. The molecule has 8 heteroatoms. The van der Waals surface area contributed by atoms with Gasteiger partial charge in [0.05, 0.1) is 16.9 Å². The van der Waals surface area contributed by atoms with E-state index in [1.54, 1.807) is 36.4 Å². The fraction of sp³-hybridized carbons (Fsp3) is 0.125. The molecule has 2 aromatic carbocycles. The second-order valence-corrected chi connectivity index (χ2v) is 7.30. The molecule has 3 aromatic rings. The lowest BCUT2D eigenvalue weighted by Gasteiger charge is -2.05. The van der Waals surface area contributed by atoms with Gasteiger partial charge in [0.1, 0.15) is 18.2 Å². The Morgan fingerprint density at radius 3 is 2.33 bits per heavy atom. The van der Waals surface area contributed by atoms with Crippen molar-refractivity contribution < 1.29 is 25.6 Å². The van der Waals surface area contributed by atoms with Crippen LogP contribution in [0, 0.1) is 11.6 Å². The molecule has 0 aliphatic heterocycles. The molecule has 0 fully saturated rings. The van der Waals surface area contributed by atoms with Crippen LogP contribution in [0.1, 0.15) is 10.4 Å². The highest BCUT2D eigenvalue weighted by molar-refractivity contribution is 7.81. The van der Waals surface area contributed by atoms with Crippen molar-refractivity contribution in [2.45, 2.75) is 13.2 Å². The molecular formula is C16H12F2O4S2. The zero-order valence-electron chi connectivity index (χ0n) is 12.2. The summed E-state index contributed by atoms with van der Waals surface area (Å²) in [5, 5.41) is -0.163. The molecule has 0 aliphatic carbocycles. The van der Waals surface area contributed by atoms with Gasteiger partial charge in [-0.05, 0) is 17.7 Å². The minimum Gasteiger partial charge on any atom is -0.243 e. The maximum absolute atomic E-state index is 14.2. The molecule has 0 saturated carbocycles. The summed E-state index contributed by atoms with van der Waals surface area (Å²) >= 11 is 0.933. The molecule has 0 amide bonds. The number of hydrogen-bond acceptors (Lipinski definition) is 5. The summed E-state index contributed by atoms with van der Waals surface area (Å²) < 4.78 is 61.1. The van der Waals surface area contributed by atoms with E-state index in [1.165, 1.54) is 6.07 Å². The third kappa shape index (κ3) is 3.78. The minimum absolute atomic E-state index is 0.0120. The molecule has 0 atom stereocenters. The van der Waals surface area contributed by atoms with Gasteiger partial charge in [-0.15, -0.1) is 11.3 Å². The van der Waals surface area contributed by atoms with Crippen LogP contribution >= 0.6 is 11.3 Å². The first-order chi connectivity index (χ1) is 11.5. The summed E-state index contributed by atoms with van der Waals surface area (Å²) in [6, 6.07) is 12.8. The van der Waals surface area contributed by atoms with Crippen molar-refractivity contribution in [3.05, 3.63) is 70.6 Å². The van der Waals surface area contributed by atoms with Crippen molar-refractivity contribution in [3.63, 3.8) is 0 Å². The highest BCUT2D eigenvalue weighted by Gasteiger charge is 2.19. The molecule has 0 saturated heterocycles. The summed E-state index contributed by atoms with van der Waals surface area (Å²) in [6.07, 6.45) is 0. The van der Waals surface area contributed by atoms with Crippen LogP contribution in [-0.4, -0.2) is 8.42 Å². The molecule has 0 unspecified atom stereocenters. The standard InChI is InChI=1S/C16H12F2O4S2/c17-12-7-4-8-13-15(12)16(18)14(23-13)10-22-24(19,20)21-9-11-5-2-1-3-6-11/h1-8H,9-10H2. The number of thiophene rings is 1. The quantitative estimate of drug-likeness (QED) is 0.654. The third-order valence-corrected chi connectivity index (χ3v) is 5.14. The van der Waals surface area contributed by atoms with Gasteiger partial charge >= 0.3 is 10.4 Å². The largest absolute Gasteiger partial charge is 0.400 e. The Kier molecular flexibility index (Phi) is 4.91. The fourth-order valence-corrected chi connectivity index (χ4v) is 3.78. The van der Waals surface area contributed by atoms with Crippen LogP contribution in [0.4, 0.5) is 8.78 Å². The smallest absolute Gasteiger partial charge is 0.243 e. The van der Waals surface area contributed by atoms with E-state index in [0.717, 1.165) is 17.4 Å². The normalized spacial score (nSPS) is 11.9. The highest BCUT2D eigenvalue weighted by Crippen LogP contribution is 2.32. The Morgan fingerprint density at radius 2 is 1.62 bits per heavy atom. The van der Waals surface area contributed by atoms with Crippen molar-refractivity contribution >= 4 is 31.8 Å². The Labute approximate surface area is 141 Å². The Balaban J connectivity index is 1.69. The molecule has 24 heavy (non-hydrogen) atoms. The van der Waals surface area contributed by atoms with Crippen LogP contribution in [-0.2, 0) is 32.0 Å². The Morgan fingerprint density at radius 1 is 0.917 bits per heavy atom. The lowest BCUT2D eigenvalue weighted by molar-refractivity contribution is 0.202. The van der Waals surface area contributed by atoms with Crippen LogP contribution in [0.5, 0.6) is 0 Å². The monoisotopic (exact) mass is 370 g/mol. The Bertz CT molecular complexity index is 953. The van der Waals surface area contributed by atoms with Gasteiger partial charge in [-0.1, -0.05) is 36.4 Å². The second kappa shape index (κ2) is 6.94. The molecule has 1 aromatic heterocycles. The zero-order chi connectivity index (χ0) is 17.2. The Hall–Kier alpha value is -1.87. The number of benzene rings is 2. The van der Waals surface area contributed by atoms with Crippen molar-refractivity contribution in [2.75, 3.05) is 0 Å². The van der Waals surface area contributed by atoms with Gasteiger partial charge in [0.2, 0.25) is 0 Å². The molecule has 4 nitrogen and oxygen atoms in total. The maximum atomic E-state index is 14.2. The number of halogens is 2. The molecule has 0 aliphatic rings. The maximum Gasteiger partial charge on any atom is 0.400 e. The van der Waals surface area contributed by atoms with Gasteiger partial charge in [0.15, 0.2) is 0 Å². The minimum atomic E-state index is -4.30. The highest BCUT2D eigenvalue weighted by atomic mass is 32.3. The van der Waals surface area contributed by atoms with E-state index in [1.807, 2.05) is 0 Å². The third-order valence-electron chi connectivity index (χ3n) is 3.22. The summed E-state index contributed by atoms with van der Waals surface area (Å²) in [5.41, 5.74) is 0.653. The SMILES string of the molecule is O=S(=O)(OCc1ccccc1)OCc1sc2cccc(F)c2c1F. The van der Waals surface area contributed by atoms with Crippen molar-refractivity contribution in [1.29, 1.82) is 0 Å². The zero-order valence-corrected chi connectivity index (χ0v) is 13.9. The number of hydrogen-bond donors (Lipinski definition) is 0. The molecule has 0 radical (unpaired) electrons. The van der Waals surface area contributed by atoms with Crippen LogP contribution in [0.15, 0.2) is 48.5 Å². The van der Waals surface area contributed by atoms with Gasteiger partial charge in [-0.25, -0.2) is 17.1 Å². The fourth-order valence-electron chi connectivity index (χ4n) is 2.09. The first-order valence-electron chi connectivity index (χ1n) is 6.89. The summed E-state index contributed by atoms with van der Waals surface area (Å²) in [5.74, 6) is -1.51. The lowest BCUT2D eigenvalue weighted by Crippen LogP contribution is -2.10. The molecule has 3 rings (SSSR count). The topological polar surface area (TPSA) is 52.6 Å². The van der Waals surface area contributed by atoms with E-state index in [4.69, 9.17) is 4.18 Å². The molecule has 0 spiro atoms. The van der Waals surface area contributed by atoms with Crippen molar-refractivity contribution in [1.82, 2.24) is 0 Å². The van der Waals surface area contributed by atoms with Crippen LogP contribution < -0.4 is 0 Å². The van der Waals surface area contributed by atoms with E-state index in [9.17, 15) is 17.2 Å². The van der Waals surface area contributed by atoms with Crippen molar-refractivity contribution in [3.8, 4) is 0 Å². The van der Waals surface area contributed by atoms with E-state index in [2.05, 4.69) is 4.18 Å². The number of fused-ring (bicyclic) bond motifs is 1. The van der Waals surface area contributed by atoms with E-state index < -0.39 is 28.6 Å². The van der Waals surface area contributed by atoms with Gasteiger partial charge in [0.25, 0.3) is 0 Å². The van der Waals surface area contributed by atoms with E-state index in [-0.39, 0.29) is 16.9 Å². The molecule has 1 heterocycles. The lowest BCUT2D eigenvalue weighted by atomic mass is 10.2. The first-order valence-corrected chi connectivity index (χ1v) is 9.04. The predicted octanol–water partition coefficient (Wildman–Crippen LogP) is 4.16. The number of rotatable bonds is 6. The second-order valence-electron chi connectivity index (χ2n) is 4.87. The first kappa shape index (κ1) is 17.0. The molecule has 0 bridgehead atoms.